The molecule has 0 aliphatic rings. The quantitative estimate of drug-likeness (QED) is 0.579. The summed E-state index contributed by atoms with van der Waals surface area (Å²) in [6.07, 6.45) is 2.28. The fraction of sp³-hybridized carbons (Fsp3) is 0.286. The zero-order valence-corrected chi connectivity index (χ0v) is 17.2. The zero-order valence-electron chi connectivity index (χ0n) is 16.3. The molecule has 0 aromatic heterocycles. The Morgan fingerprint density at radius 1 is 1.03 bits per heavy atom. The van der Waals surface area contributed by atoms with Crippen molar-refractivity contribution in [2.75, 3.05) is 31.0 Å². The van der Waals surface area contributed by atoms with E-state index in [1.807, 2.05) is 12.3 Å². The number of methoxy groups -OCH3 is 1. The van der Waals surface area contributed by atoms with Crippen molar-refractivity contribution < 1.29 is 23.9 Å². The number of esters is 1. The van der Waals surface area contributed by atoms with Gasteiger partial charge in [0.25, 0.3) is 11.8 Å². The molecule has 0 aliphatic heterocycles. The van der Waals surface area contributed by atoms with Gasteiger partial charge in [0.15, 0.2) is 6.61 Å². The lowest BCUT2D eigenvalue weighted by molar-refractivity contribution is -0.149. The molecule has 2 amide bonds. The van der Waals surface area contributed by atoms with Crippen molar-refractivity contribution in [3.63, 3.8) is 0 Å². The number of para-hydroxylation sites is 2. The van der Waals surface area contributed by atoms with Crippen molar-refractivity contribution in [1.29, 1.82) is 0 Å². The molecule has 2 aromatic rings. The van der Waals surface area contributed by atoms with E-state index in [2.05, 4.69) is 10.6 Å². The summed E-state index contributed by atoms with van der Waals surface area (Å²) in [6, 6.07) is 14.7. The number of carbonyl (C=O) groups excluding carboxylic acids is 3. The Labute approximate surface area is 174 Å². The van der Waals surface area contributed by atoms with Crippen LogP contribution in [0.4, 0.5) is 5.69 Å². The van der Waals surface area contributed by atoms with Crippen LogP contribution >= 0.6 is 11.8 Å². The Kier molecular flexibility index (Phi) is 9.04. The van der Waals surface area contributed by atoms with Gasteiger partial charge in [-0.3, -0.25) is 9.59 Å². The summed E-state index contributed by atoms with van der Waals surface area (Å²) in [5, 5.41) is 5.31. The Morgan fingerprint density at radius 3 is 2.41 bits per heavy atom. The minimum atomic E-state index is -0.871. The van der Waals surface area contributed by atoms with Crippen LogP contribution in [-0.4, -0.2) is 49.6 Å². The van der Waals surface area contributed by atoms with E-state index in [0.29, 0.717) is 29.2 Å². The topological polar surface area (TPSA) is 93.7 Å². The lowest BCUT2D eigenvalue weighted by Gasteiger charge is -2.18. The number of hydrogen-bond donors (Lipinski definition) is 2. The van der Waals surface area contributed by atoms with E-state index >= 15 is 0 Å². The molecule has 2 rings (SSSR count). The molecule has 0 saturated heterocycles. The Bertz CT molecular complexity index is 829. The summed E-state index contributed by atoms with van der Waals surface area (Å²) in [4.78, 5) is 37.1. The number of carbonyl (C=O) groups is 3. The number of hydrogen-bond acceptors (Lipinski definition) is 6. The number of thioether (sulfide) groups is 1. The fourth-order valence-corrected chi connectivity index (χ4v) is 2.98. The average Bonchev–Trinajstić information content (AvgIpc) is 2.75. The maximum atomic E-state index is 12.6. The molecule has 2 N–H and O–H groups in total. The van der Waals surface area contributed by atoms with Gasteiger partial charge in [-0.1, -0.05) is 30.3 Å². The predicted octanol–water partition coefficient (Wildman–Crippen LogP) is 2.73. The van der Waals surface area contributed by atoms with Gasteiger partial charge in [0, 0.05) is 5.69 Å². The van der Waals surface area contributed by atoms with Crippen LogP contribution in [0.5, 0.6) is 5.75 Å². The number of benzene rings is 2. The maximum Gasteiger partial charge on any atom is 0.329 e. The predicted molar refractivity (Wildman–Crippen MR) is 113 cm³/mol. The van der Waals surface area contributed by atoms with Crippen molar-refractivity contribution in [1.82, 2.24) is 5.32 Å². The maximum absolute atomic E-state index is 12.6. The van der Waals surface area contributed by atoms with Crippen molar-refractivity contribution in [3.8, 4) is 5.75 Å². The number of ether oxygens (including phenoxy) is 2. The van der Waals surface area contributed by atoms with Crippen molar-refractivity contribution >= 4 is 35.2 Å². The van der Waals surface area contributed by atoms with E-state index in [1.54, 1.807) is 60.3 Å². The van der Waals surface area contributed by atoms with E-state index in [1.165, 1.54) is 7.11 Å². The second kappa shape index (κ2) is 11.8. The third-order valence-electron chi connectivity index (χ3n) is 3.96. The van der Waals surface area contributed by atoms with Crippen LogP contribution in [-0.2, 0) is 14.3 Å². The van der Waals surface area contributed by atoms with Crippen molar-refractivity contribution in [2.45, 2.75) is 12.5 Å². The molecular weight excluding hydrogens is 392 g/mol. The summed E-state index contributed by atoms with van der Waals surface area (Å²) in [5.74, 6) is -0.513. The summed E-state index contributed by atoms with van der Waals surface area (Å²) in [6.45, 7) is -0.436. The first-order valence-corrected chi connectivity index (χ1v) is 10.4. The van der Waals surface area contributed by atoms with Gasteiger partial charge in [0.2, 0.25) is 0 Å². The molecule has 0 saturated carbocycles. The minimum Gasteiger partial charge on any atom is -0.496 e. The molecule has 0 unspecified atom stereocenters. The van der Waals surface area contributed by atoms with Gasteiger partial charge in [-0.2, -0.15) is 11.8 Å². The summed E-state index contributed by atoms with van der Waals surface area (Å²) < 4.78 is 10.3. The first-order chi connectivity index (χ1) is 14.0. The SMILES string of the molecule is COc1ccccc1C(=O)N[C@@H](CCSC)C(=O)OCC(=O)Nc1ccccc1. The Morgan fingerprint density at radius 2 is 1.72 bits per heavy atom. The summed E-state index contributed by atoms with van der Waals surface area (Å²) in [5.41, 5.74) is 0.927. The van der Waals surface area contributed by atoms with Gasteiger partial charge >= 0.3 is 5.97 Å². The van der Waals surface area contributed by atoms with Crippen LogP contribution in [0.2, 0.25) is 0 Å². The highest BCUT2D eigenvalue weighted by Gasteiger charge is 2.24. The molecule has 0 radical (unpaired) electrons. The molecule has 0 spiro atoms. The van der Waals surface area contributed by atoms with Crippen molar-refractivity contribution in [3.05, 3.63) is 60.2 Å². The second-order valence-corrected chi connectivity index (χ2v) is 7.02. The number of rotatable bonds is 10. The highest BCUT2D eigenvalue weighted by molar-refractivity contribution is 7.98. The van der Waals surface area contributed by atoms with Gasteiger partial charge < -0.3 is 20.1 Å². The Hall–Kier alpha value is -3.00. The van der Waals surface area contributed by atoms with E-state index in [9.17, 15) is 14.4 Å². The molecule has 2 aromatic carbocycles. The molecule has 0 bridgehead atoms. The molecule has 154 valence electrons. The van der Waals surface area contributed by atoms with Crippen LogP contribution in [0.3, 0.4) is 0 Å². The Balaban J connectivity index is 1.96. The van der Waals surface area contributed by atoms with Gasteiger partial charge in [-0.25, -0.2) is 4.79 Å². The van der Waals surface area contributed by atoms with E-state index in [0.717, 1.165) is 0 Å². The molecule has 0 aliphatic carbocycles. The number of nitrogens with one attached hydrogen (secondary N) is 2. The van der Waals surface area contributed by atoms with Gasteiger partial charge in [-0.05, 0) is 42.7 Å². The van der Waals surface area contributed by atoms with E-state index < -0.39 is 30.4 Å². The first-order valence-electron chi connectivity index (χ1n) is 8.99. The zero-order chi connectivity index (χ0) is 21.1. The van der Waals surface area contributed by atoms with Crippen LogP contribution in [0, 0.1) is 0 Å². The van der Waals surface area contributed by atoms with E-state index in [4.69, 9.17) is 9.47 Å². The summed E-state index contributed by atoms with van der Waals surface area (Å²) in [7, 11) is 1.47. The second-order valence-electron chi connectivity index (χ2n) is 6.03. The molecule has 1 atom stereocenters. The number of amides is 2. The smallest absolute Gasteiger partial charge is 0.329 e. The molecule has 0 heterocycles. The largest absolute Gasteiger partial charge is 0.496 e. The molecule has 7 nitrogen and oxygen atoms in total. The first kappa shape index (κ1) is 22.3. The number of anilines is 1. The van der Waals surface area contributed by atoms with Crippen LogP contribution in [0.15, 0.2) is 54.6 Å². The molecule has 8 heteroatoms. The van der Waals surface area contributed by atoms with Crippen LogP contribution < -0.4 is 15.4 Å². The van der Waals surface area contributed by atoms with Crippen LogP contribution in [0.25, 0.3) is 0 Å². The third kappa shape index (κ3) is 7.15. The standard InChI is InChI=1S/C21H24N2O5S/c1-27-18-11-7-6-10-16(18)20(25)23-17(12-13-29-2)21(26)28-14-19(24)22-15-8-4-3-5-9-15/h3-11,17H,12-14H2,1-2H3,(H,22,24)(H,23,25)/t17-/m0/s1. The van der Waals surface area contributed by atoms with Gasteiger partial charge in [0.1, 0.15) is 11.8 Å². The highest BCUT2D eigenvalue weighted by Crippen LogP contribution is 2.17. The van der Waals surface area contributed by atoms with Crippen LogP contribution in [0.1, 0.15) is 16.8 Å². The molecular formula is C21H24N2O5S. The third-order valence-corrected chi connectivity index (χ3v) is 4.60. The highest BCUT2D eigenvalue weighted by atomic mass is 32.2. The van der Waals surface area contributed by atoms with Crippen molar-refractivity contribution in [2.24, 2.45) is 0 Å². The normalized spacial score (nSPS) is 11.2. The molecule has 0 fully saturated rings. The summed E-state index contributed by atoms with van der Waals surface area (Å²) >= 11 is 1.54. The fourth-order valence-electron chi connectivity index (χ4n) is 2.51. The van der Waals surface area contributed by atoms with Gasteiger partial charge in [0.05, 0.1) is 12.7 Å². The lowest BCUT2D eigenvalue weighted by atomic mass is 10.1. The monoisotopic (exact) mass is 416 g/mol. The lowest BCUT2D eigenvalue weighted by Crippen LogP contribution is -2.43. The van der Waals surface area contributed by atoms with E-state index in [-0.39, 0.29) is 0 Å². The average molecular weight is 416 g/mol. The minimum absolute atomic E-state index is 0.318. The van der Waals surface area contributed by atoms with Gasteiger partial charge in [-0.15, -0.1) is 0 Å². The molecule has 29 heavy (non-hydrogen) atoms.